The van der Waals surface area contributed by atoms with Crippen molar-refractivity contribution in [3.05, 3.63) is 45.6 Å². The van der Waals surface area contributed by atoms with E-state index in [2.05, 4.69) is 20.8 Å². The Balaban J connectivity index is 1.76. The van der Waals surface area contributed by atoms with Gasteiger partial charge < -0.3 is 14.7 Å². The molecular formula is C19H23BrN2O4. The second kappa shape index (κ2) is 8.33. The predicted molar refractivity (Wildman–Crippen MR) is 101 cm³/mol. The number of hydrogen-bond acceptors (Lipinski definition) is 5. The van der Waals surface area contributed by atoms with E-state index in [1.807, 2.05) is 24.3 Å². The number of rotatable bonds is 6. The Morgan fingerprint density at radius 3 is 2.50 bits per heavy atom. The molecule has 1 atom stereocenters. The lowest BCUT2D eigenvalue weighted by Gasteiger charge is -2.29. The molecule has 1 fully saturated rings. The van der Waals surface area contributed by atoms with E-state index in [-0.39, 0.29) is 11.4 Å². The maximum atomic E-state index is 12.6. The maximum absolute atomic E-state index is 12.6. The summed E-state index contributed by atoms with van der Waals surface area (Å²) in [5.74, 6) is -1.17. The van der Waals surface area contributed by atoms with Gasteiger partial charge in [-0.2, -0.15) is 0 Å². The van der Waals surface area contributed by atoms with Crippen LogP contribution in [0.5, 0.6) is 0 Å². The highest BCUT2D eigenvalue weighted by atomic mass is 79.9. The normalized spacial score (nSPS) is 21.5. The number of ether oxygens (including phenoxy) is 1. The number of benzene rings is 1. The fourth-order valence-corrected chi connectivity index (χ4v) is 3.79. The van der Waals surface area contributed by atoms with Crippen LogP contribution < -0.4 is 0 Å². The van der Waals surface area contributed by atoms with E-state index in [1.54, 1.807) is 4.90 Å². The van der Waals surface area contributed by atoms with Crippen molar-refractivity contribution in [3.8, 4) is 0 Å². The molecule has 1 aromatic rings. The highest BCUT2D eigenvalue weighted by Crippen LogP contribution is 2.38. The van der Waals surface area contributed by atoms with Gasteiger partial charge in [0.15, 0.2) is 11.5 Å². The summed E-state index contributed by atoms with van der Waals surface area (Å²) in [7, 11) is 0. The fraction of sp³-hybridized carbons (Fsp3) is 0.474. The highest BCUT2D eigenvalue weighted by Gasteiger charge is 2.41. The maximum Gasteiger partial charge on any atom is 0.290 e. The number of nitrogens with zero attached hydrogens (tertiary/aromatic N) is 2. The van der Waals surface area contributed by atoms with E-state index >= 15 is 0 Å². The molecule has 0 spiro atoms. The number of hydrogen-bond donors (Lipinski definition) is 1. The van der Waals surface area contributed by atoms with Crippen molar-refractivity contribution in [2.45, 2.75) is 19.4 Å². The number of aliphatic hydroxyl groups excluding tert-OH is 1. The minimum absolute atomic E-state index is 0.184. The minimum atomic E-state index is -0.530. The molecule has 0 aromatic heterocycles. The molecule has 0 radical (unpaired) electrons. The third kappa shape index (κ3) is 4.00. The van der Waals surface area contributed by atoms with Crippen LogP contribution in [0, 0.1) is 0 Å². The third-order valence-electron chi connectivity index (χ3n) is 4.85. The van der Waals surface area contributed by atoms with Gasteiger partial charge in [-0.15, -0.1) is 0 Å². The summed E-state index contributed by atoms with van der Waals surface area (Å²) in [6.07, 6.45) is 0.775. The zero-order valence-electron chi connectivity index (χ0n) is 14.8. The lowest BCUT2D eigenvalue weighted by Crippen LogP contribution is -2.39. The molecule has 140 valence electrons. The molecule has 26 heavy (non-hydrogen) atoms. The number of ketones is 1. The summed E-state index contributed by atoms with van der Waals surface area (Å²) >= 11 is 3.40. The number of carbonyl (C=O) groups is 2. The SMILES string of the molecule is CC(=O)C1=C(O)C(=O)N(CCCN2CCOCC2)[C@H]1c1ccc(Br)cc1. The molecule has 7 heteroatoms. The zero-order chi connectivity index (χ0) is 18.7. The molecule has 3 rings (SSSR count). The molecule has 2 aliphatic heterocycles. The van der Waals surface area contributed by atoms with Gasteiger partial charge in [-0.1, -0.05) is 28.1 Å². The molecule has 0 aliphatic carbocycles. The molecule has 0 saturated carbocycles. The highest BCUT2D eigenvalue weighted by molar-refractivity contribution is 9.10. The van der Waals surface area contributed by atoms with Gasteiger partial charge >= 0.3 is 0 Å². The number of carbonyl (C=O) groups excluding carboxylic acids is 2. The van der Waals surface area contributed by atoms with Crippen molar-refractivity contribution in [3.63, 3.8) is 0 Å². The van der Waals surface area contributed by atoms with Crippen molar-refractivity contribution in [2.24, 2.45) is 0 Å². The standard InChI is InChI=1S/C19H23BrN2O4/c1-13(23)16-17(14-3-5-15(20)6-4-14)22(19(25)18(16)24)8-2-7-21-9-11-26-12-10-21/h3-6,17,24H,2,7-12H2,1H3/t17-/m0/s1. The van der Waals surface area contributed by atoms with Crippen molar-refractivity contribution in [1.29, 1.82) is 0 Å². The lowest BCUT2D eigenvalue weighted by atomic mass is 9.97. The van der Waals surface area contributed by atoms with Gasteiger partial charge in [0, 0.05) is 30.7 Å². The smallest absolute Gasteiger partial charge is 0.290 e. The molecule has 1 amide bonds. The van der Waals surface area contributed by atoms with Crippen LogP contribution in [-0.4, -0.2) is 66.0 Å². The Bertz CT molecular complexity index is 711. The van der Waals surface area contributed by atoms with Crippen molar-refractivity contribution >= 4 is 27.6 Å². The number of halogens is 1. The first kappa shape index (κ1) is 19.1. The Morgan fingerprint density at radius 2 is 1.88 bits per heavy atom. The van der Waals surface area contributed by atoms with Crippen molar-refractivity contribution in [1.82, 2.24) is 9.80 Å². The van der Waals surface area contributed by atoms with Crippen molar-refractivity contribution in [2.75, 3.05) is 39.4 Å². The van der Waals surface area contributed by atoms with E-state index in [1.165, 1.54) is 6.92 Å². The zero-order valence-corrected chi connectivity index (χ0v) is 16.4. The first-order valence-electron chi connectivity index (χ1n) is 8.79. The quantitative estimate of drug-likeness (QED) is 0.762. The molecule has 0 unspecified atom stereocenters. The Labute approximate surface area is 161 Å². The first-order chi connectivity index (χ1) is 12.5. The molecule has 1 aromatic carbocycles. The molecular weight excluding hydrogens is 400 g/mol. The first-order valence-corrected chi connectivity index (χ1v) is 9.59. The third-order valence-corrected chi connectivity index (χ3v) is 5.37. The molecule has 1 saturated heterocycles. The Hall–Kier alpha value is -1.70. The lowest BCUT2D eigenvalue weighted by molar-refractivity contribution is -0.129. The van der Waals surface area contributed by atoms with Crippen LogP contribution in [0.3, 0.4) is 0 Å². The summed E-state index contributed by atoms with van der Waals surface area (Å²) in [6, 6.07) is 6.96. The van der Waals surface area contributed by atoms with Crippen LogP contribution in [0.1, 0.15) is 24.9 Å². The fourth-order valence-electron chi connectivity index (χ4n) is 3.52. The van der Waals surface area contributed by atoms with Gasteiger partial charge in [-0.25, -0.2) is 0 Å². The minimum Gasteiger partial charge on any atom is -0.503 e. The van der Waals surface area contributed by atoms with Gasteiger partial charge in [-0.3, -0.25) is 14.5 Å². The molecule has 2 heterocycles. The largest absolute Gasteiger partial charge is 0.503 e. The number of amides is 1. The van der Waals surface area contributed by atoms with Crippen LogP contribution >= 0.6 is 15.9 Å². The second-order valence-corrected chi connectivity index (χ2v) is 7.49. The topological polar surface area (TPSA) is 70.1 Å². The summed E-state index contributed by atoms with van der Waals surface area (Å²) in [5.41, 5.74) is 1.01. The average molecular weight is 423 g/mol. The van der Waals surface area contributed by atoms with Crippen molar-refractivity contribution < 1.29 is 19.4 Å². The van der Waals surface area contributed by atoms with Gasteiger partial charge in [0.2, 0.25) is 0 Å². The molecule has 1 N–H and O–H groups in total. The molecule has 0 bridgehead atoms. The Kier molecular flexibility index (Phi) is 6.11. The van der Waals surface area contributed by atoms with Gasteiger partial charge in [-0.05, 0) is 31.0 Å². The Morgan fingerprint density at radius 1 is 1.23 bits per heavy atom. The summed E-state index contributed by atoms with van der Waals surface area (Å²) in [6.45, 7) is 6.00. The number of Topliss-reactive ketones (excluding diaryl/α,β-unsaturated/α-hetero) is 1. The predicted octanol–water partition coefficient (Wildman–Crippen LogP) is 2.46. The summed E-state index contributed by atoms with van der Waals surface area (Å²) < 4.78 is 6.27. The van der Waals surface area contributed by atoms with Crippen LogP contribution in [0.4, 0.5) is 0 Å². The van der Waals surface area contributed by atoms with E-state index in [0.29, 0.717) is 6.54 Å². The van der Waals surface area contributed by atoms with E-state index in [4.69, 9.17) is 4.74 Å². The average Bonchev–Trinajstić information content (AvgIpc) is 2.88. The van der Waals surface area contributed by atoms with E-state index in [9.17, 15) is 14.7 Å². The van der Waals surface area contributed by atoms with Gasteiger partial charge in [0.1, 0.15) is 0 Å². The van der Waals surface area contributed by atoms with Gasteiger partial charge in [0.05, 0.1) is 24.8 Å². The van der Waals surface area contributed by atoms with Crippen LogP contribution in [-0.2, 0) is 14.3 Å². The molecule has 6 nitrogen and oxygen atoms in total. The summed E-state index contributed by atoms with van der Waals surface area (Å²) in [4.78, 5) is 28.6. The number of morpholine rings is 1. The van der Waals surface area contributed by atoms with Crippen LogP contribution in [0.2, 0.25) is 0 Å². The van der Waals surface area contributed by atoms with E-state index < -0.39 is 17.7 Å². The second-order valence-electron chi connectivity index (χ2n) is 6.58. The molecule has 2 aliphatic rings. The summed E-state index contributed by atoms with van der Waals surface area (Å²) in [5, 5.41) is 10.3. The monoisotopic (exact) mass is 422 g/mol. The van der Waals surface area contributed by atoms with E-state index in [0.717, 1.165) is 49.3 Å². The van der Waals surface area contributed by atoms with Gasteiger partial charge in [0.25, 0.3) is 5.91 Å². The number of aliphatic hydroxyl groups is 1. The van der Waals surface area contributed by atoms with Crippen LogP contribution in [0.15, 0.2) is 40.1 Å². The van der Waals surface area contributed by atoms with Crippen LogP contribution in [0.25, 0.3) is 0 Å².